The predicted octanol–water partition coefficient (Wildman–Crippen LogP) is 3.92. The van der Waals surface area contributed by atoms with E-state index in [2.05, 4.69) is 20.2 Å². The Bertz CT molecular complexity index is 1190. The van der Waals surface area contributed by atoms with Gasteiger partial charge in [-0.1, -0.05) is 0 Å². The molecule has 2 N–H and O–H groups in total. The van der Waals surface area contributed by atoms with Gasteiger partial charge >= 0.3 is 6.18 Å². The zero-order valence-corrected chi connectivity index (χ0v) is 17.9. The number of benzene rings is 2. The number of hydrogen-bond acceptors (Lipinski definition) is 5. The number of rotatable bonds is 3. The first-order valence-corrected chi connectivity index (χ1v) is 10.8. The van der Waals surface area contributed by atoms with Crippen LogP contribution in [0.1, 0.15) is 40.6 Å². The smallest absolute Gasteiger partial charge is 0.416 e. The summed E-state index contributed by atoms with van der Waals surface area (Å²) in [6.07, 6.45) is -3.08. The van der Waals surface area contributed by atoms with Crippen molar-refractivity contribution in [3.05, 3.63) is 53.3 Å². The third-order valence-corrected chi connectivity index (χ3v) is 6.15. The number of amides is 1. The topological polar surface area (TPSA) is 79.5 Å². The summed E-state index contributed by atoms with van der Waals surface area (Å²) < 4.78 is 50.2. The van der Waals surface area contributed by atoms with Crippen LogP contribution in [0.4, 0.5) is 13.2 Å². The standard InChI is InChI=1S/C23H23F3N4O3/c1-30-7-6-15(27-22(31)13-2-5-19-20(10-13)33-9-8-32-19)12-18(30)21-28-16-4-3-14(23(24,25)26)11-17(16)29-21/h2-5,10-11,15,18H,6-9,12H2,1H3,(H,27,31)(H,28,29)/t15-,18-/m1/s1. The Morgan fingerprint density at radius 2 is 1.94 bits per heavy atom. The Morgan fingerprint density at radius 3 is 2.73 bits per heavy atom. The Balaban J connectivity index is 1.32. The fourth-order valence-corrected chi connectivity index (χ4v) is 4.35. The molecule has 1 fully saturated rings. The molecule has 1 saturated heterocycles. The van der Waals surface area contributed by atoms with Crippen LogP contribution in [0.5, 0.6) is 11.5 Å². The molecular weight excluding hydrogens is 437 g/mol. The summed E-state index contributed by atoms with van der Waals surface area (Å²) in [4.78, 5) is 22.5. The molecule has 1 aromatic heterocycles. The minimum atomic E-state index is -4.41. The SMILES string of the molecule is CN1CC[C@@H](NC(=O)c2ccc3c(c2)OCCO3)C[C@@H]1c1nc2ccc(C(F)(F)F)cc2[nH]1. The Hall–Kier alpha value is -3.27. The van der Waals surface area contributed by atoms with Crippen molar-refractivity contribution in [3.63, 3.8) is 0 Å². The second kappa shape index (κ2) is 8.26. The number of imidazole rings is 1. The molecule has 2 aliphatic heterocycles. The van der Waals surface area contributed by atoms with Crippen LogP contribution in [0.15, 0.2) is 36.4 Å². The summed E-state index contributed by atoms with van der Waals surface area (Å²) in [5, 5.41) is 3.07. The zero-order valence-electron chi connectivity index (χ0n) is 17.9. The van der Waals surface area contributed by atoms with E-state index in [0.29, 0.717) is 60.1 Å². The zero-order chi connectivity index (χ0) is 23.2. The van der Waals surface area contributed by atoms with Crippen LogP contribution in [0, 0.1) is 0 Å². The van der Waals surface area contributed by atoms with Crippen LogP contribution in [0.25, 0.3) is 11.0 Å². The third-order valence-electron chi connectivity index (χ3n) is 6.15. The van der Waals surface area contributed by atoms with Gasteiger partial charge in [0, 0.05) is 18.2 Å². The monoisotopic (exact) mass is 460 g/mol. The van der Waals surface area contributed by atoms with E-state index < -0.39 is 11.7 Å². The molecule has 2 atom stereocenters. The van der Waals surface area contributed by atoms with Crippen molar-refractivity contribution in [2.45, 2.75) is 31.1 Å². The van der Waals surface area contributed by atoms with E-state index in [1.807, 2.05) is 7.05 Å². The molecular formula is C23H23F3N4O3. The van der Waals surface area contributed by atoms with Gasteiger partial charge in [-0.15, -0.1) is 0 Å². The van der Waals surface area contributed by atoms with Gasteiger partial charge in [-0.2, -0.15) is 13.2 Å². The van der Waals surface area contributed by atoms with E-state index in [4.69, 9.17) is 9.47 Å². The molecule has 7 nitrogen and oxygen atoms in total. The van der Waals surface area contributed by atoms with Gasteiger partial charge in [0.25, 0.3) is 5.91 Å². The summed E-state index contributed by atoms with van der Waals surface area (Å²) in [6, 6.07) is 8.33. The maximum Gasteiger partial charge on any atom is 0.416 e. The number of aromatic nitrogens is 2. The summed E-state index contributed by atoms with van der Waals surface area (Å²) in [5.41, 5.74) is 0.592. The maximum absolute atomic E-state index is 13.0. The number of piperidine rings is 1. The molecule has 2 aliphatic rings. The van der Waals surface area contributed by atoms with Crippen LogP contribution >= 0.6 is 0 Å². The second-order valence-electron chi connectivity index (χ2n) is 8.40. The molecule has 0 radical (unpaired) electrons. The highest BCUT2D eigenvalue weighted by molar-refractivity contribution is 5.95. The summed E-state index contributed by atoms with van der Waals surface area (Å²) in [6.45, 7) is 1.63. The van der Waals surface area contributed by atoms with Gasteiger partial charge in [-0.3, -0.25) is 9.69 Å². The average Bonchev–Trinajstić information content (AvgIpc) is 3.22. The van der Waals surface area contributed by atoms with Crippen molar-refractivity contribution in [3.8, 4) is 11.5 Å². The highest BCUT2D eigenvalue weighted by atomic mass is 19.4. The highest BCUT2D eigenvalue weighted by Crippen LogP contribution is 2.34. The van der Waals surface area contributed by atoms with Gasteiger partial charge in [0.1, 0.15) is 19.0 Å². The lowest BCUT2D eigenvalue weighted by Crippen LogP contribution is -2.45. The van der Waals surface area contributed by atoms with Crippen LogP contribution in [-0.2, 0) is 6.18 Å². The van der Waals surface area contributed by atoms with Gasteiger partial charge in [-0.25, -0.2) is 4.98 Å². The molecule has 0 saturated carbocycles. The van der Waals surface area contributed by atoms with Crippen molar-refractivity contribution < 1.29 is 27.4 Å². The highest BCUT2D eigenvalue weighted by Gasteiger charge is 2.33. The van der Waals surface area contributed by atoms with Crippen molar-refractivity contribution >= 4 is 16.9 Å². The summed E-state index contributed by atoms with van der Waals surface area (Å²) in [5.74, 6) is 1.55. The van der Waals surface area contributed by atoms with E-state index in [-0.39, 0.29) is 18.0 Å². The Labute approximate surface area is 187 Å². The van der Waals surface area contributed by atoms with E-state index in [1.54, 1.807) is 18.2 Å². The largest absolute Gasteiger partial charge is 0.486 e. The molecule has 0 aliphatic carbocycles. The van der Waals surface area contributed by atoms with Crippen molar-refractivity contribution in [2.75, 3.05) is 26.8 Å². The average molecular weight is 460 g/mol. The Kier molecular flexibility index (Phi) is 5.40. The molecule has 3 heterocycles. The Morgan fingerprint density at radius 1 is 1.15 bits per heavy atom. The van der Waals surface area contributed by atoms with Crippen LogP contribution in [-0.4, -0.2) is 53.6 Å². The normalized spacial score (nSPS) is 21.2. The summed E-state index contributed by atoms with van der Waals surface area (Å²) in [7, 11) is 1.94. The van der Waals surface area contributed by atoms with Crippen molar-refractivity contribution in [1.29, 1.82) is 0 Å². The number of nitrogens with one attached hydrogen (secondary N) is 2. The number of ether oxygens (including phenoxy) is 2. The van der Waals surface area contributed by atoms with Crippen LogP contribution in [0.2, 0.25) is 0 Å². The van der Waals surface area contributed by atoms with E-state index in [9.17, 15) is 18.0 Å². The lowest BCUT2D eigenvalue weighted by atomic mass is 9.96. The number of halogens is 3. The molecule has 33 heavy (non-hydrogen) atoms. The van der Waals surface area contributed by atoms with Crippen LogP contribution < -0.4 is 14.8 Å². The molecule has 0 bridgehead atoms. The molecule has 2 aromatic carbocycles. The maximum atomic E-state index is 13.0. The van der Waals surface area contributed by atoms with Crippen LogP contribution in [0.3, 0.4) is 0 Å². The number of alkyl halides is 3. The van der Waals surface area contributed by atoms with E-state index in [0.717, 1.165) is 18.6 Å². The number of fused-ring (bicyclic) bond motifs is 2. The van der Waals surface area contributed by atoms with E-state index >= 15 is 0 Å². The number of H-pyrrole nitrogens is 1. The fraction of sp³-hybridized carbons (Fsp3) is 0.391. The number of likely N-dealkylation sites (tertiary alicyclic amines) is 1. The molecule has 10 heteroatoms. The van der Waals surface area contributed by atoms with Gasteiger partial charge in [0.15, 0.2) is 11.5 Å². The summed E-state index contributed by atoms with van der Waals surface area (Å²) >= 11 is 0. The van der Waals surface area contributed by atoms with Gasteiger partial charge in [0.2, 0.25) is 0 Å². The molecule has 3 aromatic rings. The third kappa shape index (κ3) is 4.35. The molecule has 174 valence electrons. The number of carbonyl (C=O) groups excluding carboxylic acids is 1. The minimum Gasteiger partial charge on any atom is -0.486 e. The lowest BCUT2D eigenvalue weighted by molar-refractivity contribution is -0.137. The van der Waals surface area contributed by atoms with E-state index in [1.165, 1.54) is 6.07 Å². The van der Waals surface area contributed by atoms with Crippen molar-refractivity contribution in [1.82, 2.24) is 20.2 Å². The van der Waals surface area contributed by atoms with Gasteiger partial charge < -0.3 is 19.8 Å². The van der Waals surface area contributed by atoms with Gasteiger partial charge in [-0.05, 0) is 56.3 Å². The molecule has 0 spiro atoms. The first-order valence-electron chi connectivity index (χ1n) is 10.8. The predicted molar refractivity (Wildman–Crippen MR) is 114 cm³/mol. The fourth-order valence-electron chi connectivity index (χ4n) is 4.35. The second-order valence-corrected chi connectivity index (χ2v) is 8.40. The molecule has 5 rings (SSSR count). The first-order chi connectivity index (χ1) is 15.8. The number of hydrogen-bond donors (Lipinski definition) is 2. The van der Waals surface area contributed by atoms with Crippen molar-refractivity contribution in [2.24, 2.45) is 0 Å². The lowest BCUT2D eigenvalue weighted by Gasteiger charge is -2.36. The number of aromatic amines is 1. The molecule has 0 unspecified atom stereocenters. The number of carbonyl (C=O) groups is 1. The minimum absolute atomic E-state index is 0.106. The van der Waals surface area contributed by atoms with Gasteiger partial charge in [0.05, 0.1) is 22.6 Å². The quantitative estimate of drug-likeness (QED) is 0.620. The number of nitrogens with zero attached hydrogens (tertiary/aromatic N) is 2. The first kappa shape index (κ1) is 21.6. The molecule has 1 amide bonds.